The van der Waals surface area contributed by atoms with Crippen molar-refractivity contribution < 1.29 is 4.74 Å². The maximum absolute atomic E-state index is 5.02. The Morgan fingerprint density at radius 1 is 1.67 bits per heavy atom. The van der Waals surface area contributed by atoms with Crippen LogP contribution in [0.25, 0.3) is 0 Å². The van der Waals surface area contributed by atoms with Gasteiger partial charge in [0.1, 0.15) is 0 Å². The highest BCUT2D eigenvalue weighted by Crippen LogP contribution is 2.27. The Morgan fingerprint density at radius 3 is 3.25 bits per heavy atom. The molecule has 64 valence electrons. The van der Waals surface area contributed by atoms with Crippen molar-refractivity contribution >= 4 is 5.69 Å². The second-order valence-corrected chi connectivity index (χ2v) is 3.13. The van der Waals surface area contributed by atoms with E-state index in [0.717, 1.165) is 12.1 Å². The van der Waals surface area contributed by atoms with Crippen LogP contribution in [-0.4, -0.2) is 18.1 Å². The Kier molecular flexibility index (Phi) is 1.64. The van der Waals surface area contributed by atoms with Gasteiger partial charge in [0.15, 0.2) is 0 Å². The molecule has 1 aromatic rings. The van der Waals surface area contributed by atoms with Gasteiger partial charge in [-0.05, 0) is 18.9 Å². The standard InChI is InChI=1S/C9H12N2O/c1-6-3-7-5-10-9(12-2)4-8(7)11-6/h4-6,11H,3H2,1-2H3. The molecule has 3 heteroatoms. The average molecular weight is 164 g/mol. The molecule has 1 atom stereocenters. The number of fused-ring (bicyclic) bond motifs is 1. The van der Waals surface area contributed by atoms with E-state index in [1.807, 2.05) is 12.3 Å². The molecule has 1 unspecified atom stereocenters. The smallest absolute Gasteiger partial charge is 0.214 e. The summed E-state index contributed by atoms with van der Waals surface area (Å²) in [6.07, 6.45) is 2.94. The largest absolute Gasteiger partial charge is 0.481 e. The fraction of sp³-hybridized carbons (Fsp3) is 0.444. The molecule has 2 heterocycles. The van der Waals surface area contributed by atoms with E-state index in [0.29, 0.717) is 11.9 Å². The van der Waals surface area contributed by atoms with Crippen LogP contribution in [0.1, 0.15) is 12.5 Å². The van der Waals surface area contributed by atoms with Gasteiger partial charge in [-0.25, -0.2) is 4.98 Å². The van der Waals surface area contributed by atoms with Crippen LogP contribution in [0, 0.1) is 0 Å². The zero-order valence-electron chi connectivity index (χ0n) is 7.29. The lowest BCUT2D eigenvalue weighted by Crippen LogP contribution is -2.08. The van der Waals surface area contributed by atoms with Crippen molar-refractivity contribution in [2.45, 2.75) is 19.4 Å². The fourth-order valence-electron chi connectivity index (χ4n) is 1.52. The maximum atomic E-state index is 5.02. The summed E-state index contributed by atoms with van der Waals surface area (Å²) >= 11 is 0. The van der Waals surface area contributed by atoms with E-state index in [1.165, 1.54) is 5.56 Å². The molecular weight excluding hydrogens is 152 g/mol. The van der Waals surface area contributed by atoms with Gasteiger partial charge in [-0.1, -0.05) is 0 Å². The van der Waals surface area contributed by atoms with Crippen LogP contribution in [0.15, 0.2) is 12.3 Å². The van der Waals surface area contributed by atoms with Crippen LogP contribution in [-0.2, 0) is 6.42 Å². The molecule has 12 heavy (non-hydrogen) atoms. The molecule has 0 fully saturated rings. The molecular formula is C9H12N2O. The minimum Gasteiger partial charge on any atom is -0.481 e. The van der Waals surface area contributed by atoms with E-state index in [2.05, 4.69) is 17.2 Å². The molecule has 1 aliphatic heterocycles. The highest BCUT2D eigenvalue weighted by Gasteiger charge is 2.17. The van der Waals surface area contributed by atoms with Crippen LogP contribution in [0.2, 0.25) is 0 Å². The van der Waals surface area contributed by atoms with Gasteiger partial charge in [0, 0.05) is 24.0 Å². The normalized spacial score (nSPS) is 20.0. The first-order valence-corrected chi connectivity index (χ1v) is 4.09. The van der Waals surface area contributed by atoms with Crippen LogP contribution in [0.4, 0.5) is 5.69 Å². The second kappa shape index (κ2) is 2.66. The van der Waals surface area contributed by atoms with Gasteiger partial charge in [-0.3, -0.25) is 0 Å². The summed E-state index contributed by atoms with van der Waals surface area (Å²) in [6.45, 7) is 2.16. The zero-order chi connectivity index (χ0) is 8.55. The van der Waals surface area contributed by atoms with Gasteiger partial charge < -0.3 is 10.1 Å². The molecule has 0 aliphatic carbocycles. The molecule has 0 saturated heterocycles. The zero-order valence-corrected chi connectivity index (χ0v) is 7.29. The molecule has 1 aliphatic rings. The molecule has 2 rings (SSSR count). The monoisotopic (exact) mass is 164 g/mol. The third-order valence-electron chi connectivity index (χ3n) is 2.10. The molecule has 0 radical (unpaired) electrons. The summed E-state index contributed by atoms with van der Waals surface area (Å²) < 4.78 is 5.02. The summed E-state index contributed by atoms with van der Waals surface area (Å²) in [5, 5.41) is 3.35. The third-order valence-corrected chi connectivity index (χ3v) is 2.10. The number of nitrogens with zero attached hydrogens (tertiary/aromatic N) is 1. The first-order valence-electron chi connectivity index (χ1n) is 4.09. The van der Waals surface area contributed by atoms with Gasteiger partial charge in [0.25, 0.3) is 0 Å². The first-order chi connectivity index (χ1) is 5.79. The Bertz CT molecular complexity index is 299. The number of ether oxygens (including phenoxy) is 1. The predicted molar refractivity (Wildman–Crippen MR) is 47.6 cm³/mol. The van der Waals surface area contributed by atoms with E-state index in [-0.39, 0.29) is 0 Å². The lowest BCUT2D eigenvalue weighted by molar-refractivity contribution is 0.398. The van der Waals surface area contributed by atoms with Crippen LogP contribution >= 0.6 is 0 Å². The second-order valence-electron chi connectivity index (χ2n) is 3.13. The molecule has 0 aromatic carbocycles. The number of rotatable bonds is 1. The van der Waals surface area contributed by atoms with Gasteiger partial charge >= 0.3 is 0 Å². The lowest BCUT2D eigenvalue weighted by atomic mass is 10.2. The average Bonchev–Trinajstić information content (AvgIpc) is 2.43. The van der Waals surface area contributed by atoms with Crippen LogP contribution < -0.4 is 10.1 Å². The van der Waals surface area contributed by atoms with Gasteiger partial charge in [0.2, 0.25) is 5.88 Å². The van der Waals surface area contributed by atoms with E-state index < -0.39 is 0 Å². The summed E-state index contributed by atoms with van der Waals surface area (Å²) in [5.41, 5.74) is 2.44. The Hall–Kier alpha value is -1.25. The lowest BCUT2D eigenvalue weighted by Gasteiger charge is -2.03. The minimum absolute atomic E-state index is 0.522. The van der Waals surface area contributed by atoms with E-state index in [4.69, 9.17) is 4.74 Å². The van der Waals surface area contributed by atoms with Crippen molar-refractivity contribution in [3.05, 3.63) is 17.8 Å². The number of aromatic nitrogens is 1. The number of pyridine rings is 1. The molecule has 0 saturated carbocycles. The fourth-order valence-corrected chi connectivity index (χ4v) is 1.52. The van der Waals surface area contributed by atoms with Gasteiger partial charge in [0.05, 0.1) is 7.11 Å². The van der Waals surface area contributed by atoms with E-state index in [1.54, 1.807) is 7.11 Å². The van der Waals surface area contributed by atoms with Crippen molar-refractivity contribution in [1.82, 2.24) is 4.98 Å². The summed E-state index contributed by atoms with van der Waals surface area (Å²) in [5.74, 6) is 0.676. The van der Waals surface area contributed by atoms with Gasteiger partial charge in [-0.15, -0.1) is 0 Å². The number of hydrogen-bond donors (Lipinski definition) is 1. The van der Waals surface area contributed by atoms with E-state index >= 15 is 0 Å². The highest BCUT2D eigenvalue weighted by atomic mass is 16.5. The maximum Gasteiger partial charge on any atom is 0.214 e. The molecule has 0 spiro atoms. The third kappa shape index (κ3) is 1.11. The quantitative estimate of drug-likeness (QED) is 0.682. The Labute approximate surface area is 71.8 Å². The molecule has 0 bridgehead atoms. The number of anilines is 1. The molecule has 3 nitrogen and oxygen atoms in total. The van der Waals surface area contributed by atoms with Crippen molar-refractivity contribution in [2.75, 3.05) is 12.4 Å². The van der Waals surface area contributed by atoms with Crippen molar-refractivity contribution in [1.29, 1.82) is 0 Å². The molecule has 0 amide bonds. The van der Waals surface area contributed by atoms with E-state index in [9.17, 15) is 0 Å². The first kappa shape index (κ1) is 7.40. The number of nitrogens with one attached hydrogen (secondary N) is 1. The topological polar surface area (TPSA) is 34.1 Å². The van der Waals surface area contributed by atoms with Crippen molar-refractivity contribution in [3.8, 4) is 5.88 Å². The number of methoxy groups -OCH3 is 1. The Morgan fingerprint density at radius 2 is 2.50 bits per heavy atom. The molecule has 1 aromatic heterocycles. The van der Waals surface area contributed by atoms with Crippen LogP contribution in [0.3, 0.4) is 0 Å². The number of hydrogen-bond acceptors (Lipinski definition) is 3. The summed E-state index contributed by atoms with van der Waals surface area (Å²) in [7, 11) is 1.63. The highest BCUT2D eigenvalue weighted by molar-refractivity contribution is 5.57. The van der Waals surface area contributed by atoms with Crippen LogP contribution in [0.5, 0.6) is 5.88 Å². The Balaban J connectivity index is 2.35. The predicted octanol–water partition coefficient (Wildman–Crippen LogP) is 1.45. The van der Waals surface area contributed by atoms with Crippen molar-refractivity contribution in [2.24, 2.45) is 0 Å². The molecule has 1 N–H and O–H groups in total. The summed E-state index contributed by atoms with van der Waals surface area (Å²) in [4.78, 5) is 4.14. The minimum atomic E-state index is 0.522. The van der Waals surface area contributed by atoms with Crippen molar-refractivity contribution in [3.63, 3.8) is 0 Å². The SMILES string of the molecule is COc1cc2c(cn1)CC(C)N2. The summed E-state index contributed by atoms with van der Waals surface area (Å²) in [6, 6.07) is 2.47. The van der Waals surface area contributed by atoms with Gasteiger partial charge in [-0.2, -0.15) is 0 Å².